The van der Waals surface area contributed by atoms with Crippen LogP contribution < -0.4 is 0 Å². The van der Waals surface area contributed by atoms with E-state index >= 15 is 0 Å². The summed E-state index contributed by atoms with van der Waals surface area (Å²) in [7, 11) is 0. The molecule has 0 spiro atoms. The predicted molar refractivity (Wildman–Crippen MR) is 97.2 cm³/mol. The molecule has 0 N–H and O–H groups in total. The lowest BCUT2D eigenvalue weighted by atomic mass is 9.92. The van der Waals surface area contributed by atoms with Gasteiger partial charge in [-0.2, -0.15) is 0 Å². The van der Waals surface area contributed by atoms with Gasteiger partial charge in [0.25, 0.3) is 0 Å². The van der Waals surface area contributed by atoms with Crippen LogP contribution in [0.4, 0.5) is 0 Å². The number of fused-ring (bicyclic) bond motifs is 1. The summed E-state index contributed by atoms with van der Waals surface area (Å²) >= 11 is 0. The minimum absolute atomic E-state index is 0.659. The van der Waals surface area contributed by atoms with Crippen LogP contribution in [0, 0.1) is 0 Å². The monoisotopic (exact) mass is 290 g/mol. The number of rotatable bonds is 5. The van der Waals surface area contributed by atoms with Gasteiger partial charge >= 0.3 is 0 Å². The Balaban J connectivity index is 1.93. The van der Waals surface area contributed by atoms with Gasteiger partial charge < -0.3 is 0 Å². The summed E-state index contributed by atoms with van der Waals surface area (Å²) in [6.45, 7) is 6.84. The Morgan fingerprint density at radius 2 is 1.77 bits per heavy atom. The van der Waals surface area contributed by atoms with Crippen molar-refractivity contribution >= 4 is 6.08 Å². The van der Waals surface area contributed by atoms with Gasteiger partial charge in [0.05, 0.1) is 0 Å². The van der Waals surface area contributed by atoms with Crippen molar-refractivity contribution in [1.82, 2.24) is 0 Å². The van der Waals surface area contributed by atoms with Crippen LogP contribution in [0.1, 0.15) is 62.6 Å². The van der Waals surface area contributed by atoms with E-state index < -0.39 is 0 Å². The zero-order valence-corrected chi connectivity index (χ0v) is 14.0. The highest BCUT2D eigenvalue weighted by molar-refractivity contribution is 5.80. The number of benzene rings is 2. The summed E-state index contributed by atoms with van der Waals surface area (Å²) < 4.78 is 0. The fraction of sp³-hybridized carbons (Fsp3) is 0.364. The summed E-state index contributed by atoms with van der Waals surface area (Å²) in [6, 6.07) is 16.0. The summed E-state index contributed by atoms with van der Waals surface area (Å²) in [4.78, 5) is 0. The molecule has 2 aromatic rings. The zero-order valence-electron chi connectivity index (χ0n) is 14.0. The molecule has 0 heteroatoms. The quantitative estimate of drug-likeness (QED) is 0.581. The molecule has 0 nitrogen and oxygen atoms in total. The van der Waals surface area contributed by atoms with Crippen molar-refractivity contribution in [1.29, 1.82) is 0 Å². The van der Waals surface area contributed by atoms with Crippen LogP contribution in [0.2, 0.25) is 0 Å². The maximum atomic E-state index is 2.40. The van der Waals surface area contributed by atoms with Crippen LogP contribution >= 0.6 is 0 Å². The Morgan fingerprint density at radius 1 is 1.00 bits per heavy atom. The molecule has 0 saturated carbocycles. The second-order valence-electron chi connectivity index (χ2n) is 6.52. The molecule has 0 aromatic heterocycles. The summed E-state index contributed by atoms with van der Waals surface area (Å²) in [5.41, 5.74) is 8.67. The Hall–Kier alpha value is -1.82. The second-order valence-corrected chi connectivity index (χ2v) is 6.52. The molecular formula is C22H26. The molecule has 114 valence electrons. The first-order chi connectivity index (χ1) is 10.7. The molecule has 0 amide bonds. The maximum absolute atomic E-state index is 2.40. The number of allylic oxidation sites excluding steroid dienone is 1. The van der Waals surface area contributed by atoms with Gasteiger partial charge in [-0.15, -0.1) is 0 Å². The van der Waals surface area contributed by atoms with Crippen LogP contribution in [0.15, 0.2) is 48.0 Å². The topological polar surface area (TPSA) is 0 Å². The van der Waals surface area contributed by atoms with E-state index in [1.165, 1.54) is 40.7 Å². The lowest BCUT2D eigenvalue weighted by Gasteiger charge is -2.12. The molecule has 0 radical (unpaired) electrons. The Morgan fingerprint density at radius 3 is 2.45 bits per heavy atom. The molecule has 1 atom stereocenters. The highest BCUT2D eigenvalue weighted by atomic mass is 14.2. The van der Waals surface area contributed by atoms with E-state index in [9.17, 15) is 0 Å². The van der Waals surface area contributed by atoms with Gasteiger partial charge in [-0.05, 0) is 53.0 Å². The third kappa shape index (κ3) is 2.88. The van der Waals surface area contributed by atoms with Gasteiger partial charge in [-0.1, -0.05) is 81.3 Å². The zero-order chi connectivity index (χ0) is 15.5. The van der Waals surface area contributed by atoms with Gasteiger partial charge in [0, 0.05) is 0 Å². The molecule has 1 aliphatic rings. The van der Waals surface area contributed by atoms with Gasteiger partial charge in [-0.25, -0.2) is 0 Å². The van der Waals surface area contributed by atoms with Crippen molar-refractivity contribution in [3.8, 4) is 11.1 Å². The maximum Gasteiger partial charge on any atom is -0.00577 e. The largest absolute Gasteiger partial charge is 0.0655 e. The molecule has 0 aliphatic heterocycles. The molecule has 0 bridgehead atoms. The van der Waals surface area contributed by atoms with E-state index in [1.807, 2.05) is 0 Å². The lowest BCUT2D eigenvalue weighted by Crippen LogP contribution is -1.93. The third-order valence-electron chi connectivity index (χ3n) is 4.93. The fourth-order valence-corrected chi connectivity index (χ4v) is 3.51. The van der Waals surface area contributed by atoms with Crippen LogP contribution in [0.3, 0.4) is 0 Å². The molecule has 22 heavy (non-hydrogen) atoms. The van der Waals surface area contributed by atoms with Crippen molar-refractivity contribution in [2.75, 3.05) is 0 Å². The Kier molecular flexibility index (Phi) is 4.47. The smallest absolute Gasteiger partial charge is 0.00577 e. The van der Waals surface area contributed by atoms with Crippen molar-refractivity contribution in [3.63, 3.8) is 0 Å². The van der Waals surface area contributed by atoms with E-state index in [0.29, 0.717) is 5.92 Å². The minimum Gasteiger partial charge on any atom is -0.0655 e. The molecule has 0 fully saturated rings. The molecule has 0 saturated heterocycles. The van der Waals surface area contributed by atoms with Gasteiger partial charge in [0.1, 0.15) is 0 Å². The van der Waals surface area contributed by atoms with Crippen molar-refractivity contribution in [2.24, 2.45) is 0 Å². The highest BCUT2D eigenvalue weighted by Gasteiger charge is 2.15. The molecular weight excluding hydrogens is 264 g/mol. The summed E-state index contributed by atoms with van der Waals surface area (Å²) in [6.07, 6.45) is 7.20. The standard InChI is InChI=1S/C22H26/c1-4-7-16(3)18-10-12-19(13-11-18)21-9-6-8-20-14-17(5-2)15-22(20)21/h6,8-13,15-16H,4-5,7,14H2,1-3H3. The van der Waals surface area contributed by atoms with Crippen LogP contribution in [-0.4, -0.2) is 0 Å². The minimum atomic E-state index is 0.659. The third-order valence-corrected chi connectivity index (χ3v) is 4.93. The fourth-order valence-electron chi connectivity index (χ4n) is 3.51. The average molecular weight is 290 g/mol. The predicted octanol–water partition coefficient (Wildman–Crippen LogP) is 6.61. The van der Waals surface area contributed by atoms with Crippen LogP contribution in [0.5, 0.6) is 0 Å². The second kappa shape index (κ2) is 6.52. The Bertz CT molecular complexity index is 674. The average Bonchev–Trinajstić information content (AvgIpc) is 2.98. The number of hydrogen-bond donors (Lipinski definition) is 0. The molecule has 1 unspecified atom stereocenters. The van der Waals surface area contributed by atoms with Gasteiger partial charge in [0.15, 0.2) is 0 Å². The number of hydrogen-bond acceptors (Lipinski definition) is 0. The van der Waals surface area contributed by atoms with Crippen molar-refractivity contribution in [3.05, 3.63) is 64.7 Å². The molecule has 0 heterocycles. The molecule has 1 aliphatic carbocycles. The first kappa shape index (κ1) is 15.1. The normalized spacial score (nSPS) is 14.6. The van der Waals surface area contributed by atoms with E-state index in [0.717, 1.165) is 12.8 Å². The molecule has 2 aromatic carbocycles. The van der Waals surface area contributed by atoms with Crippen LogP contribution in [-0.2, 0) is 6.42 Å². The van der Waals surface area contributed by atoms with Crippen molar-refractivity contribution in [2.45, 2.75) is 52.4 Å². The van der Waals surface area contributed by atoms with Crippen molar-refractivity contribution < 1.29 is 0 Å². The lowest BCUT2D eigenvalue weighted by molar-refractivity contribution is 0.665. The SMILES string of the molecule is CCCC(C)c1ccc(-c2cccc3c2C=C(CC)C3)cc1. The van der Waals surface area contributed by atoms with E-state index in [4.69, 9.17) is 0 Å². The Labute approximate surface area is 134 Å². The first-order valence-electron chi connectivity index (χ1n) is 8.64. The van der Waals surface area contributed by atoms with E-state index in [-0.39, 0.29) is 0 Å². The van der Waals surface area contributed by atoms with Gasteiger partial charge in [-0.3, -0.25) is 0 Å². The van der Waals surface area contributed by atoms with Gasteiger partial charge in [0.2, 0.25) is 0 Å². The molecule has 3 rings (SSSR count). The first-order valence-corrected chi connectivity index (χ1v) is 8.64. The van der Waals surface area contributed by atoms with Crippen LogP contribution in [0.25, 0.3) is 17.2 Å². The summed E-state index contributed by atoms with van der Waals surface area (Å²) in [5, 5.41) is 0. The van der Waals surface area contributed by atoms with E-state index in [2.05, 4.69) is 69.3 Å². The van der Waals surface area contributed by atoms with E-state index in [1.54, 1.807) is 5.57 Å². The highest BCUT2D eigenvalue weighted by Crippen LogP contribution is 2.35. The summed E-state index contributed by atoms with van der Waals surface area (Å²) in [5.74, 6) is 0.659.